The average molecular weight is 195 g/mol. The van der Waals surface area contributed by atoms with Crippen LogP contribution in [-0.2, 0) is 9.53 Å². The summed E-state index contributed by atoms with van der Waals surface area (Å²) in [5, 5.41) is 9.39. The maximum Gasteiger partial charge on any atom is 0.224 e. The third-order valence-corrected chi connectivity index (χ3v) is 2.29. The van der Waals surface area contributed by atoms with Gasteiger partial charge in [-0.3, -0.25) is 9.89 Å². The van der Waals surface area contributed by atoms with E-state index in [0.717, 1.165) is 11.4 Å². The second-order valence-electron chi connectivity index (χ2n) is 3.56. The van der Waals surface area contributed by atoms with Crippen LogP contribution in [0.2, 0.25) is 0 Å². The van der Waals surface area contributed by atoms with Crippen LogP contribution in [-0.4, -0.2) is 29.3 Å². The number of nitrogens with one attached hydrogen (secondary N) is 2. The van der Waals surface area contributed by atoms with Crippen molar-refractivity contribution >= 4 is 11.6 Å². The van der Waals surface area contributed by atoms with Gasteiger partial charge in [-0.05, 0) is 6.92 Å². The minimum Gasteiger partial charge on any atom is -0.381 e. The number of aromatic amines is 1. The fraction of sp³-hybridized carbons (Fsp3) is 0.556. The van der Waals surface area contributed by atoms with Crippen LogP contribution in [0.3, 0.4) is 0 Å². The van der Waals surface area contributed by atoms with E-state index in [0.29, 0.717) is 25.6 Å². The second kappa shape index (κ2) is 3.79. The Morgan fingerprint density at radius 3 is 3.07 bits per heavy atom. The van der Waals surface area contributed by atoms with Crippen molar-refractivity contribution in [3.05, 3.63) is 11.9 Å². The number of rotatable bonds is 3. The summed E-state index contributed by atoms with van der Waals surface area (Å²) in [5.41, 5.74) is 1.64. The molecule has 14 heavy (non-hydrogen) atoms. The predicted octanol–water partition coefficient (Wildman–Crippen LogP) is 0.693. The van der Waals surface area contributed by atoms with E-state index >= 15 is 0 Å². The van der Waals surface area contributed by atoms with Crippen LogP contribution in [0.1, 0.15) is 12.1 Å². The zero-order valence-corrected chi connectivity index (χ0v) is 8.04. The van der Waals surface area contributed by atoms with E-state index in [-0.39, 0.29) is 5.91 Å². The molecule has 0 unspecified atom stereocenters. The molecule has 0 aromatic carbocycles. The van der Waals surface area contributed by atoms with Crippen molar-refractivity contribution in [1.82, 2.24) is 10.2 Å². The molecular weight excluding hydrogens is 182 g/mol. The highest BCUT2D eigenvalue weighted by atomic mass is 16.5. The largest absolute Gasteiger partial charge is 0.381 e. The van der Waals surface area contributed by atoms with Crippen molar-refractivity contribution in [2.75, 3.05) is 18.5 Å². The number of nitrogens with zero attached hydrogens (tertiary/aromatic N) is 1. The quantitative estimate of drug-likeness (QED) is 0.745. The van der Waals surface area contributed by atoms with Crippen LogP contribution in [0.15, 0.2) is 6.20 Å². The average Bonchev–Trinajstić information content (AvgIpc) is 2.45. The van der Waals surface area contributed by atoms with E-state index in [1.807, 2.05) is 6.92 Å². The number of aryl methyl sites for hydroxylation is 1. The van der Waals surface area contributed by atoms with E-state index in [1.54, 1.807) is 6.20 Å². The van der Waals surface area contributed by atoms with E-state index in [1.165, 1.54) is 0 Å². The lowest BCUT2D eigenvalue weighted by atomic mass is 10.0. The normalized spacial score (nSPS) is 16.4. The summed E-state index contributed by atoms with van der Waals surface area (Å²) in [4.78, 5) is 11.5. The molecule has 1 aromatic rings. The maximum atomic E-state index is 11.5. The zero-order valence-electron chi connectivity index (χ0n) is 8.04. The third kappa shape index (κ3) is 1.93. The maximum absolute atomic E-state index is 11.5. The lowest BCUT2D eigenvalue weighted by molar-refractivity contribution is -0.121. The number of aromatic nitrogens is 2. The lowest BCUT2D eigenvalue weighted by Crippen LogP contribution is -2.31. The molecule has 1 aliphatic rings. The highest BCUT2D eigenvalue weighted by Gasteiger charge is 2.21. The Morgan fingerprint density at radius 2 is 2.57 bits per heavy atom. The monoisotopic (exact) mass is 195 g/mol. The molecule has 0 aliphatic carbocycles. The summed E-state index contributed by atoms with van der Waals surface area (Å²) in [6.45, 7) is 3.28. The highest BCUT2D eigenvalue weighted by molar-refractivity contribution is 5.91. The molecule has 1 fully saturated rings. The summed E-state index contributed by atoms with van der Waals surface area (Å²) in [7, 11) is 0. The van der Waals surface area contributed by atoms with E-state index < -0.39 is 0 Å². The molecule has 5 heteroatoms. The van der Waals surface area contributed by atoms with Gasteiger partial charge in [0.1, 0.15) is 0 Å². The van der Waals surface area contributed by atoms with Gasteiger partial charge >= 0.3 is 0 Å². The van der Waals surface area contributed by atoms with E-state index in [4.69, 9.17) is 4.74 Å². The van der Waals surface area contributed by atoms with Crippen molar-refractivity contribution in [2.24, 2.45) is 5.92 Å². The van der Waals surface area contributed by atoms with Crippen LogP contribution in [0.4, 0.5) is 5.69 Å². The Labute approximate surface area is 81.8 Å². The Bertz CT molecular complexity index is 331. The number of anilines is 1. The van der Waals surface area contributed by atoms with Gasteiger partial charge in [0.15, 0.2) is 0 Å². The number of amides is 1. The molecule has 0 bridgehead atoms. The van der Waals surface area contributed by atoms with Crippen molar-refractivity contribution in [1.29, 1.82) is 0 Å². The molecule has 5 nitrogen and oxygen atoms in total. The Kier molecular flexibility index (Phi) is 2.49. The zero-order chi connectivity index (χ0) is 9.97. The van der Waals surface area contributed by atoms with Gasteiger partial charge in [0.25, 0.3) is 0 Å². The number of carbonyl (C=O) groups is 1. The summed E-state index contributed by atoms with van der Waals surface area (Å²) >= 11 is 0. The van der Waals surface area contributed by atoms with Gasteiger partial charge in [0.2, 0.25) is 5.91 Å². The second-order valence-corrected chi connectivity index (χ2v) is 3.56. The highest BCUT2D eigenvalue weighted by Crippen LogP contribution is 2.16. The van der Waals surface area contributed by atoms with Crippen molar-refractivity contribution < 1.29 is 9.53 Å². The van der Waals surface area contributed by atoms with Gasteiger partial charge in [-0.2, -0.15) is 5.10 Å². The van der Waals surface area contributed by atoms with Crippen LogP contribution in [0.5, 0.6) is 0 Å². The fourth-order valence-corrected chi connectivity index (χ4v) is 1.34. The summed E-state index contributed by atoms with van der Waals surface area (Å²) in [6.07, 6.45) is 2.15. The predicted molar refractivity (Wildman–Crippen MR) is 50.9 cm³/mol. The van der Waals surface area contributed by atoms with Crippen LogP contribution >= 0.6 is 0 Å². The van der Waals surface area contributed by atoms with Gasteiger partial charge in [0.05, 0.1) is 30.8 Å². The molecular formula is C9H13N3O2. The van der Waals surface area contributed by atoms with Gasteiger partial charge in [0, 0.05) is 12.3 Å². The standard InChI is InChI=1S/C9H13N3O2/c1-6-8(3-10-12-6)11-9(13)2-7-4-14-5-7/h3,7H,2,4-5H2,1H3,(H,10,12)(H,11,13). The van der Waals surface area contributed by atoms with Crippen molar-refractivity contribution in [3.63, 3.8) is 0 Å². The van der Waals surface area contributed by atoms with Gasteiger partial charge in [-0.1, -0.05) is 0 Å². The molecule has 2 heterocycles. The molecule has 0 radical (unpaired) electrons. The molecule has 1 amide bonds. The summed E-state index contributed by atoms with van der Waals surface area (Å²) in [6, 6.07) is 0. The first-order chi connectivity index (χ1) is 6.75. The molecule has 0 saturated carbocycles. The van der Waals surface area contributed by atoms with E-state index in [9.17, 15) is 4.79 Å². The molecule has 0 spiro atoms. The summed E-state index contributed by atoms with van der Waals surface area (Å²) in [5.74, 6) is 0.421. The van der Waals surface area contributed by atoms with Gasteiger partial charge < -0.3 is 10.1 Å². The Morgan fingerprint density at radius 1 is 1.79 bits per heavy atom. The molecule has 2 N–H and O–H groups in total. The Hall–Kier alpha value is -1.36. The van der Waals surface area contributed by atoms with Crippen LogP contribution in [0, 0.1) is 12.8 Å². The number of hydrogen-bond acceptors (Lipinski definition) is 3. The Balaban J connectivity index is 1.84. The number of H-pyrrole nitrogens is 1. The molecule has 2 rings (SSSR count). The first-order valence-corrected chi connectivity index (χ1v) is 4.63. The fourth-order valence-electron chi connectivity index (χ4n) is 1.34. The van der Waals surface area contributed by atoms with Crippen LogP contribution < -0.4 is 5.32 Å². The lowest BCUT2D eigenvalue weighted by Gasteiger charge is -2.24. The van der Waals surface area contributed by atoms with Gasteiger partial charge in [-0.25, -0.2) is 0 Å². The first-order valence-electron chi connectivity index (χ1n) is 4.63. The van der Waals surface area contributed by atoms with Gasteiger partial charge in [-0.15, -0.1) is 0 Å². The molecule has 0 atom stereocenters. The minimum atomic E-state index is 0.0304. The van der Waals surface area contributed by atoms with E-state index in [2.05, 4.69) is 15.5 Å². The molecule has 1 aromatic heterocycles. The third-order valence-electron chi connectivity index (χ3n) is 2.29. The molecule has 1 aliphatic heterocycles. The molecule has 76 valence electrons. The minimum absolute atomic E-state index is 0.0304. The topological polar surface area (TPSA) is 67.0 Å². The molecule has 1 saturated heterocycles. The van der Waals surface area contributed by atoms with Crippen molar-refractivity contribution in [3.8, 4) is 0 Å². The number of ether oxygens (including phenoxy) is 1. The number of carbonyl (C=O) groups excluding carboxylic acids is 1. The first kappa shape index (κ1) is 9.21. The summed E-state index contributed by atoms with van der Waals surface area (Å²) < 4.78 is 5.00. The van der Waals surface area contributed by atoms with Crippen LogP contribution in [0.25, 0.3) is 0 Å². The smallest absolute Gasteiger partial charge is 0.224 e. The van der Waals surface area contributed by atoms with Crippen molar-refractivity contribution in [2.45, 2.75) is 13.3 Å². The SMILES string of the molecule is Cc1[nH]ncc1NC(=O)CC1COC1. The number of hydrogen-bond donors (Lipinski definition) is 2.